The molecule has 2 atom stereocenters. The number of rotatable bonds is 6. The Morgan fingerprint density at radius 1 is 0.621 bits per heavy atom. The lowest BCUT2D eigenvalue weighted by Gasteiger charge is -2.30. The molecule has 0 aliphatic heterocycles. The molecule has 0 amide bonds. The van der Waals surface area contributed by atoms with Gasteiger partial charge in [0.1, 0.15) is 17.3 Å². The van der Waals surface area contributed by atoms with Gasteiger partial charge in [0.05, 0.1) is 20.1 Å². The Balaban J connectivity index is 2.17. The number of hydrogen-bond acceptors (Lipinski definition) is 2. The maximum absolute atomic E-state index is 14.3. The van der Waals surface area contributed by atoms with Crippen molar-refractivity contribution in [3.8, 4) is 11.5 Å². The van der Waals surface area contributed by atoms with E-state index in [1.165, 1.54) is 62.8 Å². The Hall–Kier alpha value is -3.02. The summed E-state index contributed by atoms with van der Waals surface area (Å²) in [4.78, 5) is 0. The highest BCUT2D eigenvalue weighted by Crippen LogP contribution is 2.48. The summed E-state index contributed by atoms with van der Waals surface area (Å²) in [6, 6.07) is 17.4. The fraction of sp³-hybridized carbons (Fsp3) is 0.217. The van der Waals surface area contributed by atoms with Crippen molar-refractivity contribution in [1.29, 1.82) is 0 Å². The van der Waals surface area contributed by atoms with E-state index in [4.69, 9.17) is 9.47 Å². The molecule has 0 heterocycles. The van der Waals surface area contributed by atoms with Gasteiger partial charge in [-0.15, -0.1) is 0 Å². The first-order valence-electron chi connectivity index (χ1n) is 8.93. The maximum Gasteiger partial charge on any atom is 0.396 e. The van der Waals surface area contributed by atoms with E-state index in [-0.39, 0.29) is 5.56 Å². The summed E-state index contributed by atoms with van der Waals surface area (Å²) in [7, 11) is 2.94. The summed E-state index contributed by atoms with van der Waals surface area (Å²) in [5.74, 6) is -2.38. The molecule has 3 rings (SSSR count). The van der Waals surface area contributed by atoms with Gasteiger partial charge in [-0.25, -0.2) is 4.39 Å². The first-order valence-corrected chi connectivity index (χ1v) is 8.93. The number of benzene rings is 3. The van der Waals surface area contributed by atoms with Gasteiger partial charge in [0.2, 0.25) is 0 Å². The second-order valence-electron chi connectivity index (χ2n) is 6.59. The topological polar surface area (TPSA) is 18.5 Å². The van der Waals surface area contributed by atoms with Crippen molar-refractivity contribution in [3.05, 3.63) is 95.3 Å². The molecule has 6 heteroatoms. The molecular formula is C23H20F4O2. The molecule has 2 nitrogen and oxygen atoms in total. The van der Waals surface area contributed by atoms with Crippen LogP contribution in [0.25, 0.3) is 0 Å². The first kappa shape index (κ1) is 20.7. The lowest BCUT2D eigenvalue weighted by atomic mass is 9.76. The Labute approximate surface area is 166 Å². The third-order valence-electron chi connectivity index (χ3n) is 4.86. The second-order valence-corrected chi connectivity index (χ2v) is 6.59. The lowest BCUT2D eigenvalue weighted by Crippen LogP contribution is -2.28. The molecule has 2 unspecified atom stereocenters. The number of methoxy groups -OCH3 is 2. The maximum atomic E-state index is 14.3. The fourth-order valence-electron chi connectivity index (χ4n) is 3.44. The van der Waals surface area contributed by atoms with E-state index in [9.17, 15) is 17.6 Å². The quantitative estimate of drug-likeness (QED) is 0.448. The SMILES string of the molecule is COc1ccc(C(c2ccc(F)cc2)C(c2ccc(OC)cc2)C(F)(F)F)cc1. The van der Waals surface area contributed by atoms with E-state index in [1.807, 2.05) is 0 Å². The number of alkyl halides is 3. The van der Waals surface area contributed by atoms with E-state index in [0.29, 0.717) is 22.6 Å². The van der Waals surface area contributed by atoms with E-state index in [2.05, 4.69) is 0 Å². The van der Waals surface area contributed by atoms with E-state index >= 15 is 0 Å². The van der Waals surface area contributed by atoms with Gasteiger partial charge < -0.3 is 9.47 Å². The Morgan fingerprint density at radius 2 is 1.00 bits per heavy atom. The van der Waals surface area contributed by atoms with Crippen molar-refractivity contribution in [2.24, 2.45) is 0 Å². The number of ether oxygens (including phenoxy) is 2. The minimum absolute atomic E-state index is 0.100. The van der Waals surface area contributed by atoms with E-state index < -0.39 is 23.8 Å². The van der Waals surface area contributed by atoms with Crippen LogP contribution in [0.2, 0.25) is 0 Å². The monoisotopic (exact) mass is 404 g/mol. The molecule has 0 fully saturated rings. The Kier molecular flexibility index (Phi) is 6.11. The van der Waals surface area contributed by atoms with Gasteiger partial charge >= 0.3 is 6.18 Å². The van der Waals surface area contributed by atoms with Gasteiger partial charge in [-0.2, -0.15) is 13.2 Å². The molecule has 0 aliphatic carbocycles. The smallest absolute Gasteiger partial charge is 0.396 e. The zero-order valence-electron chi connectivity index (χ0n) is 15.9. The molecule has 0 N–H and O–H groups in total. The Morgan fingerprint density at radius 3 is 1.38 bits per heavy atom. The van der Waals surface area contributed by atoms with Gasteiger partial charge in [0.15, 0.2) is 0 Å². The van der Waals surface area contributed by atoms with Crippen molar-refractivity contribution in [3.63, 3.8) is 0 Å². The third-order valence-corrected chi connectivity index (χ3v) is 4.86. The summed E-state index contributed by atoms with van der Waals surface area (Å²) >= 11 is 0. The second kappa shape index (κ2) is 8.55. The van der Waals surface area contributed by atoms with Crippen molar-refractivity contribution >= 4 is 0 Å². The molecule has 0 aliphatic rings. The molecule has 3 aromatic rings. The zero-order valence-corrected chi connectivity index (χ0v) is 15.9. The van der Waals surface area contributed by atoms with Crippen LogP contribution in [-0.4, -0.2) is 20.4 Å². The van der Waals surface area contributed by atoms with Crippen LogP contribution in [0, 0.1) is 5.82 Å². The van der Waals surface area contributed by atoms with Crippen LogP contribution in [0.3, 0.4) is 0 Å². The van der Waals surface area contributed by atoms with Crippen LogP contribution >= 0.6 is 0 Å². The largest absolute Gasteiger partial charge is 0.497 e. The summed E-state index contributed by atoms with van der Waals surface area (Å²) in [5, 5.41) is 0. The molecule has 29 heavy (non-hydrogen) atoms. The van der Waals surface area contributed by atoms with Crippen molar-refractivity contribution in [2.45, 2.75) is 18.0 Å². The zero-order chi connectivity index (χ0) is 21.0. The van der Waals surface area contributed by atoms with Gasteiger partial charge in [-0.3, -0.25) is 0 Å². The highest BCUT2D eigenvalue weighted by atomic mass is 19.4. The van der Waals surface area contributed by atoms with Crippen LogP contribution in [0.5, 0.6) is 11.5 Å². The van der Waals surface area contributed by atoms with Crippen LogP contribution in [0.4, 0.5) is 17.6 Å². The fourth-order valence-corrected chi connectivity index (χ4v) is 3.44. The molecule has 152 valence electrons. The molecular weight excluding hydrogens is 384 g/mol. The van der Waals surface area contributed by atoms with Crippen LogP contribution < -0.4 is 9.47 Å². The summed E-state index contributed by atoms with van der Waals surface area (Å²) < 4.78 is 66.5. The van der Waals surface area contributed by atoms with Crippen molar-refractivity contribution in [2.75, 3.05) is 14.2 Å². The molecule has 0 aromatic heterocycles. The summed E-state index contributed by atoms with van der Waals surface area (Å²) in [5.41, 5.74) is 0.925. The predicted octanol–water partition coefficient (Wildman–Crippen LogP) is 6.32. The van der Waals surface area contributed by atoms with Crippen LogP contribution in [0.15, 0.2) is 72.8 Å². The summed E-state index contributed by atoms with van der Waals surface area (Å²) in [6.07, 6.45) is -4.53. The third kappa shape index (κ3) is 4.70. The average molecular weight is 404 g/mol. The van der Waals surface area contributed by atoms with Crippen molar-refractivity contribution in [1.82, 2.24) is 0 Å². The molecule has 0 bridgehead atoms. The van der Waals surface area contributed by atoms with Crippen LogP contribution in [-0.2, 0) is 0 Å². The molecule has 0 spiro atoms. The van der Waals surface area contributed by atoms with Gasteiger partial charge in [0, 0.05) is 5.92 Å². The Bertz CT molecular complexity index is 917. The van der Waals surface area contributed by atoms with Gasteiger partial charge in [-0.05, 0) is 53.1 Å². The molecule has 0 saturated carbocycles. The number of halogens is 4. The molecule has 0 radical (unpaired) electrons. The minimum Gasteiger partial charge on any atom is -0.497 e. The standard InChI is InChI=1S/C23H20F4O2/c1-28-19-11-5-16(6-12-19)21(15-3-9-18(24)10-4-15)22(23(25,26)27)17-7-13-20(29-2)14-8-17/h3-14,21-22H,1-2H3. The van der Waals surface area contributed by atoms with Gasteiger partial charge in [0.25, 0.3) is 0 Å². The minimum atomic E-state index is -4.53. The number of hydrogen-bond donors (Lipinski definition) is 0. The van der Waals surface area contributed by atoms with E-state index in [1.54, 1.807) is 24.3 Å². The normalized spacial score (nSPS) is 13.6. The van der Waals surface area contributed by atoms with Gasteiger partial charge in [-0.1, -0.05) is 36.4 Å². The highest BCUT2D eigenvalue weighted by molar-refractivity contribution is 5.42. The molecule has 0 saturated heterocycles. The molecule has 3 aromatic carbocycles. The van der Waals surface area contributed by atoms with E-state index in [0.717, 1.165) is 0 Å². The first-order chi connectivity index (χ1) is 13.8. The predicted molar refractivity (Wildman–Crippen MR) is 103 cm³/mol. The lowest BCUT2D eigenvalue weighted by molar-refractivity contribution is -0.153. The van der Waals surface area contributed by atoms with Crippen LogP contribution in [0.1, 0.15) is 28.5 Å². The average Bonchev–Trinajstić information content (AvgIpc) is 2.72. The van der Waals surface area contributed by atoms with Crippen molar-refractivity contribution < 1.29 is 27.0 Å². The highest BCUT2D eigenvalue weighted by Gasteiger charge is 2.46. The summed E-state index contributed by atoms with van der Waals surface area (Å²) in [6.45, 7) is 0.